The van der Waals surface area contributed by atoms with Crippen molar-refractivity contribution >= 4 is 21.6 Å². The number of aliphatic hydroxyl groups is 1. The molecule has 1 aromatic rings. The van der Waals surface area contributed by atoms with Gasteiger partial charge in [-0.05, 0) is 49.8 Å². The molecule has 106 valence electrons. The lowest BCUT2D eigenvalue weighted by Crippen LogP contribution is -2.36. The Labute approximate surface area is 123 Å². The van der Waals surface area contributed by atoms with Crippen molar-refractivity contribution in [3.8, 4) is 0 Å². The third-order valence-corrected chi connectivity index (χ3v) is 4.37. The van der Waals surface area contributed by atoms with Crippen LogP contribution in [0.4, 0.5) is 5.69 Å². The quantitative estimate of drug-likeness (QED) is 0.894. The van der Waals surface area contributed by atoms with Crippen molar-refractivity contribution in [3.05, 3.63) is 28.2 Å². The van der Waals surface area contributed by atoms with Gasteiger partial charge in [-0.25, -0.2) is 0 Å². The molecule has 0 radical (unpaired) electrons. The molecule has 2 unspecified atom stereocenters. The van der Waals surface area contributed by atoms with E-state index in [0.717, 1.165) is 24.0 Å². The zero-order chi connectivity index (χ0) is 13.8. The first kappa shape index (κ1) is 14.8. The van der Waals surface area contributed by atoms with Crippen molar-refractivity contribution in [1.82, 2.24) is 0 Å². The van der Waals surface area contributed by atoms with Gasteiger partial charge < -0.3 is 15.7 Å². The number of nitrogens with two attached hydrogens (primary N) is 1. The van der Waals surface area contributed by atoms with Gasteiger partial charge >= 0.3 is 0 Å². The maximum atomic E-state index is 9.12. The summed E-state index contributed by atoms with van der Waals surface area (Å²) < 4.78 is 1.09. The van der Waals surface area contributed by atoms with Gasteiger partial charge in [0.1, 0.15) is 0 Å². The molecule has 3 N–H and O–H groups in total. The highest BCUT2D eigenvalue weighted by molar-refractivity contribution is 9.10. The number of hydrogen-bond donors (Lipinski definition) is 2. The average molecular weight is 327 g/mol. The minimum absolute atomic E-state index is 0.0429. The highest BCUT2D eigenvalue weighted by atomic mass is 79.9. The molecule has 2 atom stereocenters. The largest absolute Gasteiger partial charge is 0.396 e. The number of hydrogen-bond acceptors (Lipinski definition) is 3. The fraction of sp³-hybridized carbons (Fsp3) is 0.600. The summed E-state index contributed by atoms with van der Waals surface area (Å²) >= 11 is 3.55. The minimum Gasteiger partial charge on any atom is -0.396 e. The number of aliphatic hydroxyl groups excluding tert-OH is 1. The Morgan fingerprint density at radius 2 is 2.32 bits per heavy atom. The average Bonchev–Trinajstić information content (AvgIpc) is 2.39. The number of benzene rings is 1. The SMILES string of the molecule is CC(N)c1ccc(Br)cc1N1CCCC(CCO)C1. The molecule has 0 spiro atoms. The molecular weight excluding hydrogens is 304 g/mol. The first-order valence-electron chi connectivity index (χ1n) is 7.02. The topological polar surface area (TPSA) is 49.5 Å². The van der Waals surface area contributed by atoms with Crippen LogP contribution in [0.25, 0.3) is 0 Å². The van der Waals surface area contributed by atoms with E-state index >= 15 is 0 Å². The Balaban J connectivity index is 2.22. The summed E-state index contributed by atoms with van der Waals surface area (Å²) in [4.78, 5) is 2.42. The molecule has 0 amide bonds. The van der Waals surface area contributed by atoms with Gasteiger partial charge in [0.25, 0.3) is 0 Å². The molecule has 1 aliphatic rings. The van der Waals surface area contributed by atoms with Crippen LogP contribution >= 0.6 is 15.9 Å². The van der Waals surface area contributed by atoms with Gasteiger partial charge in [-0.3, -0.25) is 0 Å². The number of anilines is 1. The second kappa shape index (κ2) is 6.73. The minimum atomic E-state index is 0.0429. The fourth-order valence-electron chi connectivity index (χ4n) is 2.88. The Morgan fingerprint density at radius 1 is 1.53 bits per heavy atom. The molecule has 0 aromatic heterocycles. The number of rotatable bonds is 4. The van der Waals surface area contributed by atoms with Crippen LogP contribution in [-0.4, -0.2) is 24.8 Å². The lowest BCUT2D eigenvalue weighted by molar-refractivity contribution is 0.244. The van der Waals surface area contributed by atoms with Gasteiger partial charge in [0.05, 0.1) is 0 Å². The molecule has 1 aliphatic heterocycles. The van der Waals surface area contributed by atoms with Gasteiger partial charge in [0.2, 0.25) is 0 Å². The summed E-state index contributed by atoms with van der Waals surface area (Å²) in [7, 11) is 0. The van der Waals surface area contributed by atoms with Gasteiger partial charge in [-0.1, -0.05) is 22.0 Å². The second-order valence-electron chi connectivity index (χ2n) is 5.46. The van der Waals surface area contributed by atoms with Crippen LogP contribution in [-0.2, 0) is 0 Å². The van der Waals surface area contributed by atoms with E-state index in [2.05, 4.69) is 39.0 Å². The number of nitrogens with zero attached hydrogens (tertiary/aromatic N) is 1. The summed E-state index contributed by atoms with van der Waals surface area (Å²) in [6.07, 6.45) is 3.31. The molecule has 3 nitrogen and oxygen atoms in total. The summed E-state index contributed by atoms with van der Waals surface area (Å²) in [5, 5.41) is 9.12. The van der Waals surface area contributed by atoms with E-state index in [1.807, 2.05) is 6.92 Å². The molecule has 0 aliphatic carbocycles. The Hall–Kier alpha value is -0.580. The summed E-state index contributed by atoms with van der Waals surface area (Å²) in [6.45, 7) is 4.42. The first-order valence-corrected chi connectivity index (χ1v) is 7.82. The summed E-state index contributed by atoms with van der Waals surface area (Å²) in [5.74, 6) is 0.596. The van der Waals surface area contributed by atoms with Crippen LogP contribution in [0.5, 0.6) is 0 Å². The van der Waals surface area contributed by atoms with E-state index in [0.29, 0.717) is 5.92 Å². The molecule has 1 saturated heterocycles. The Bertz CT molecular complexity index is 421. The molecular formula is C15H23BrN2O. The van der Waals surface area contributed by atoms with E-state index in [9.17, 15) is 0 Å². The lowest BCUT2D eigenvalue weighted by atomic mass is 9.93. The standard InChI is InChI=1S/C15H23BrN2O/c1-11(17)14-5-4-13(16)9-15(14)18-7-2-3-12(10-18)6-8-19/h4-5,9,11-12,19H,2-3,6-8,10,17H2,1H3. The second-order valence-corrected chi connectivity index (χ2v) is 6.37. The third-order valence-electron chi connectivity index (χ3n) is 3.88. The molecule has 1 aromatic carbocycles. The predicted octanol–water partition coefficient (Wildman–Crippen LogP) is 3.07. The highest BCUT2D eigenvalue weighted by Crippen LogP contribution is 2.32. The molecule has 0 bridgehead atoms. The van der Waals surface area contributed by atoms with Gasteiger partial charge in [0.15, 0.2) is 0 Å². The monoisotopic (exact) mass is 326 g/mol. The van der Waals surface area contributed by atoms with Crippen LogP contribution in [0.15, 0.2) is 22.7 Å². The van der Waals surface area contributed by atoms with Gasteiger partial charge in [0, 0.05) is 35.9 Å². The zero-order valence-electron chi connectivity index (χ0n) is 11.5. The van der Waals surface area contributed by atoms with Crippen molar-refractivity contribution in [3.63, 3.8) is 0 Å². The smallest absolute Gasteiger partial charge is 0.0434 e. The van der Waals surface area contributed by atoms with Crippen LogP contribution in [0.3, 0.4) is 0 Å². The predicted molar refractivity (Wildman–Crippen MR) is 83.4 cm³/mol. The maximum absolute atomic E-state index is 9.12. The lowest BCUT2D eigenvalue weighted by Gasteiger charge is -2.36. The molecule has 2 rings (SSSR count). The van der Waals surface area contributed by atoms with Crippen LogP contribution < -0.4 is 10.6 Å². The van der Waals surface area contributed by atoms with Crippen molar-refractivity contribution in [2.75, 3.05) is 24.6 Å². The summed E-state index contributed by atoms with van der Waals surface area (Å²) in [6, 6.07) is 6.37. The van der Waals surface area contributed by atoms with Crippen LogP contribution in [0.1, 0.15) is 37.8 Å². The number of halogens is 1. The number of piperidine rings is 1. The van der Waals surface area contributed by atoms with Crippen molar-refractivity contribution in [1.29, 1.82) is 0 Å². The molecule has 19 heavy (non-hydrogen) atoms. The Morgan fingerprint density at radius 3 is 3.00 bits per heavy atom. The van der Waals surface area contributed by atoms with Crippen LogP contribution in [0, 0.1) is 5.92 Å². The van der Waals surface area contributed by atoms with Crippen LogP contribution in [0.2, 0.25) is 0 Å². The third kappa shape index (κ3) is 3.71. The van der Waals surface area contributed by atoms with E-state index in [-0.39, 0.29) is 12.6 Å². The van der Waals surface area contributed by atoms with E-state index in [1.165, 1.54) is 24.1 Å². The normalized spacial score (nSPS) is 21.5. The molecule has 1 fully saturated rings. The van der Waals surface area contributed by atoms with Gasteiger partial charge in [-0.2, -0.15) is 0 Å². The van der Waals surface area contributed by atoms with Crippen molar-refractivity contribution in [2.24, 2.45) is 11.7 Å². The molecule has 1 heterocycles. The van der Waals surface area contributed by atoms with E-state index in [4.69, 9.17) is 10.8 Å². The van der Waals surface area contributed by atoms with Gasteiger partial charge in [-0.15, -0.1) is 0 Å². The first-order chi connectivity index (χ1) is 9.11. The van der Waals surface area contributed by atoms with E-state index < -0.39 is 0 Å². The van der Waals surface area contributed by atoms with Crippen molar-refractivity contribution < 1.29 is 5.11 Å². The Kier molecular flexibility index (Phi) is 5.25. The van der Waals surface area contributed by atoms with E-state index in [1.54, 1.807) is 0 Å². The molecule has 4 heteroatoms. The maximum Gasteiger partial charge on any atom is 0.0434 e. The van der Waals surface area contributed by atoms with Crippen molar-refractivity contribution in [2.45, 2.75) is 32.2 Å². The fourth-order valence-corrected chi connectivity index (χ4v) is 3.23. The molecule has 0 saturated carbocycles. The zero-order valence-corrected chi connectivity index (χ0v) is 13.1. The highest BCUT2D eigenvalue weighted by Gasteiger charge is 2.22. The summed E-state index contributed by atoms with van der Waals surface area (Å²) in [5.41, 5.74) is 8.53.